The topological polar surface area (TPSA) is 40.6 Å². The van der Waals surface area contributed by atoms with Crippen molar-refractivity contribution in [1.29, 1.82) is 0 Å². The molecule has 0 aromatic rings. The Labute approximate surface area is 103 Å². The standard InChI is InChI=1S/C10H19ClN2O2S/c1-12-9-2-3-10(12)8-13(6-4-9)16(14,15)7-5-11/h9-10H,2-8H2,1H3. The number of hydrogen-bond donors (Lipinski definition) is 0. The molecule has 0 radical (unpaired) electrons. The normalized spacial score (nSPS) is 32.9. The number of likely N-dealkylation sites (N-methyl/N-ethyl adjacent to an activating group) is 1. The van der Waals surface area contributed by atoms with Crippen LogP contribution in [-0.2, 0) is 10.0 Å². The summed E-state index contributed by atoms with van der Waals surface area (Å²) in [7, 11) is -1.02. The molecular weight excluding hydrogens is 248 g/mol. The van der Waals surface area contributed by atoms with Crippen LogP contribution >= 0.6 is 11.6 Å². The fourth-order valence-electron chi connectivity index (χ4n) is 2.76. The van der Waals surface area contributed by atoms with Gasteiger partial charge in [-0.1, -0.05) is 0 Å². The molecule has 94 valence electrons. The zero-order valence-corrected chi connectivity index (χ0v) is 11.2. The van der Waals surface area contributed by atoms with E-state index in [1.54, 1.807) is 4.31 Å². The van der Waals surface area contributed by atoms with Gasteiger partial charge >= 0.3 is 0 Å². The summed E-state index contributed by atoms with van der Waals surface area (Å²) < 4.78 is 25.5. The van der Waals surface area contributed by atoms with Gasteiger partial charge in [0, 0.05) is 31.1 Å². The first-order chi connectivity index (χ1) is 7.54. The second kappa shape index (κ2) is 4.80. The number of rotatable bonds is 3. The number of nitrogens with zero attached hydrogens (tertiary/aromatic N) is 2. The molecule has 2 bridgehead atoms. The quantitative estimate of drug-likeness (QED) is 0.707. The lowest BCUT2D eigenvalue weighted by molar-refractivity contribution is 0.247. The van der Waals surface area contributed by atoms with Crippen molar-refractivity contribution in [2.24, 2.45) is 0 Å². The summed E-state index contributed by atoms with van der Waals surface area (Å²) in [5.74, 6) is 0.248. The van der Waals surface area contributed by atoms with Gasteiger partial charge in [0.2, 0.25) is 10.0 Å². The SMILES string of the molecule is CN1C2CCC1CN(S(=O)(=O)CCCl)CC2. The minimum Gasteiger partial charge on any atom is -0.299 e. The number of alkyl halides is 1. The third kappa shape index (κ3) is 2.37. The molecular formula is C10H19ClN2O2S. The van der Waals surface area contributed by atoms with Gasteiger partial charge in [0.05, 0.1) is 5.75 Å². The second-order valence-electron chi connectivity index (χ2n) is 4.70. The Balaban J connectivity index is 2.09. The molecule has 0 aliphatic carbocycles. The molecule has 2 aliphatic heterocycles. The first kappa shape index (κ1) is 12.6. The molecule has 0 aromatic carbocycles. The van der Waals surface area contributed by atoms with Crippen LogP contribution in [0.5, 0.6) is 0 Å². The van der Waals surface area contributed by atoms with Gasteiger partial charge in [-0.2, -0.15) is 0 Å². The van der Waals surface area contributed by atoms with Crippen molar-refractivity contribution in [2.45, 2.75) is 31.3 Å². The fourth-order valence-corrected chi connectivity index (χ4v) is 4.58. The minimum atomic E-state index is -3.13. The highest BCUT2D eigenvalue weighted by molar-refractivity contribution is 7.89. The van der Waals surface area contributed by atoms with E-state index >= 15 is 0 Å². The van der Waals surface area contributed by atoms with E-state index in [1.165, 1.54) is 6.42 Å². The number of fused-ring (bicyclic) bond motifs is 2. The largest absolute Gasteiger partial charge is 0.299 e. The predicted molar refractivity (Wildman–Crippen MR) is 65.3 cm³/mol. The molecule has 4 nitrogen and oxygen atoms in total. The maximum atomic E-state index is 11.9. The van der Waals surface area contributed by atoms with E-state index < -0.39 is 10.0 Å². The molecule has 2 unspecified atom stereocenters. The average molecular weight is 267 g/mol. The van der Waals surface area contributed by atoms with Crippen molar-refractivity contribution in [2.75, 3.05) is 31.8 Å². The smallest absolute Gasteiger partial charge is 0.215 e. The van der Waals surface area contributed by atoms with Gasteiger partial charge < -0.3 is 0 Å². The highest BCUT2D eigenvalue weighted by Crippen LogP contribution is 2.29. The molecule has 2 heterocycles. The van der Waals surface area contributed by atoms with E-state index in [2.05, 4.69) is 11.9 Å². The third-order valence-corrected chi connectivity index (χ3v) is 6.09. The van der Waals surface area contributed by atoms with Crippen molar-refractivity contribution < 1.29 is 8.42 Å². The van der Waals surface area contributed by atoms with Crippen LogP contribution in [0.3, 0.4) is 0 Å². The molecule has 0 spiro atoms. The van der Waals surface area contributed by atoms with Gasteiger partial charge in [0.15, 0.2) is 0 Å². The summed E-state index contributed by atoms with van der Waals surface area (Å²) in [4.78, 5) is 2.34. The molecule has 2 fully saturated rings. The van der Waals surface area contributed by atoms with Crippen LogP contribution in [0.1, 0.15) is 19.3 Å². The predicted octanol–water partition coefficient (Wildman–Crippen LogP) is 0.724. The zero-order valence-electron chi connectivity index (χ0n) is 9.60. The molecule has 0 aromatic heterocycles. The highest BCUT2D eigenvalue weighted by atomic mass is 35.5. The summed E-state index contributed by atoms with van der Waals surface area (Å²) in [5.41, 5.74) is 0. The van der Waals surface area contributed by atoms with Crippen LogP contribution in [0, 0.1) is 0 Å². The molecule has 0 saturated carbocycles. The maximum absolute atomic E-state index is 11.9. The van der Waals surface area contributed by atoms with Gasteiger partial charge in [0.25, 0.3) is 0 Å². The van der Waals surface area contributed by atoms with Crippen molar-refractivity contribution >= 4 is 21.6 Å². The van der Waals surface area contributed by atoms with E-state index in [9.17, 15) is 8.42 Å². The molecule has 2 rings (SSSR count). The average Bonchev–Trinajstić information content (AvgIpc) is 2.39. The molecule has 16 heavy (non-hydrogen) atoms. The second-order valence-corrected chi connectivity index (χ2v) is 7.17. The Morgan fingerprint density at radius 1 is 1.25 bits per heavy atom. The number of sulfonamides is 1. The molecule has 2 atom stereocenters. The van der Waals surface area contributed by atoms with Crippen molar-refractivity contribution in [3.8, 4) is 0 Å². The summed E-state index contributed by atoms with van der Waals surface area (Å²) in [5, 5.41) is 0. The van der Waals surface area contributed by atoms with E-state index in [-0.39, 0.29) is 11.6 Å². The minimum absolute atomic E-state index is 0.0651. The lowest BCUT2D eigenvalue weighted by Gasteiger charge is -2.24. The van der Waals surface area contributed by atoms with Gasteiger partial charge in [0.1, 0.15) is 0 Å². The lowest BCUT2D eigenvalue weighted by Crippen LogP contribution is -2.40. The Kier molecular flexibility index (Phi) is 3.79. The summed E-state index contributed by atoms with van der Waals surface area (Å²) >= 11 is 5.54. The first-order valence-electron chi connectivity index (χ1n) is 5.80. The van der Waals surface area contributed by atoms with Gasteiger partial charge in [-0.3, -0.25) is 4.90 Å². The molecule has 2 aliphatic rings. The summed E-state index contributed by atoms with van der Waals surface area (Å²) in [6.45, 7) is 1.30. The maximum Gasteiger partial charge on any atom is 0.215 e. The number of hydrogen-bond acceptors (Lipinski definition) is 3. The summed E-state index contributed by atoms with van der Waals surface area (Å²) in [6, 6.07) is 0.971. The summed E-state index contributed by atoms with van der Waals surface area (Å²) in [6.07, 6.45) is 3.28. The van der Waals surface area contributed by atoms with E-state index in [4.69, 9.17) is 11.6 Å². The van der Waals surface area contributed by atoms with Gasteiger partial charge in [-0.05, 0) is 26.3 Å². The fraction of sp³-hybridized carbons (Fsp3) is 1.00. The van der Waals surface area contributed by atoms with E-state index in [0.717, 1.165) is 12.8 Å². The van der Waals surface area contributed by atoms with Crippen LogP contribution in [-0.4, -0.2) is 61.5 Å². The molecule has 0 amide bonds. The molecule has 6 heteroatoms. The first-order valence-corrected chi connectivity index (χ1v) is 7.94. The Morgan fingerprint density at radius 2 is 1.94 bits per heavy atom. The van der Waals surface area contributed by atoms with Crippen LogP contribution in [0.15, 0.2) is 0 Å². The van der Waals surface area contributed by atoms with Gasteiger partial charge in [-0.25, -0.2) is 12.7 Å². The Morgan fingerprint density at radius 3 is 2.62 bits per heavy atom. The van der Waals surface area contributed by atoms with Gasteiger partial charge in [-0.15, -0.1) is 11.6 Å². The Hall–Kier alpha value is 0.160. The van der Waals surface area contributed by atoms with Crippen LogP contribution in [0.25, 0.3) is 0 Å². The van der Waals surface area contributed by atoms with Crippen molar-refractivity contribution in [3.63, 3.8) is 0 Å². The monoisotopic (exact) mass is 266 g/mol. The third-order valence-electron chi connectivity index (χ3n) is 3.84. The Bertz CT molecular complexity index is 347. The molecule has 2 saturated heterocycles. The van der Waals surface area contributed by atoms with Crippen molar-refractivity contribution in [1.82, 2.24) is 9.21 Å². The lowest BCUT2D eigenvalue weighted by atomic mass is 10.1. The van der Waals surface area contributed by atoms with E-state index in [1.807, 2.05) is 0 Å². The van der Waals surface area contributed by atoms with Crippen LogP contribution < -0.4 is 0 Å². The van der Waals surface area contributed by atoms with E-state index in [0.29, 0.717) is 25.2 Å². The zero-order chi connectivity index (χ0) is 11.8. The van der Waals surface area contributed by atoms with Crippen molar-refractivity contribution in [3.05, 3.63) is 0 Å². The molecule has 0 N–H and O–H groups in total. The van der Waals surface area contributed by atoms with Crippen LogP contribution in [0.4, 0.5) is 0 Å². The number of halogens is 1. The van der Waals surface area contributed by atoms with Crippen LogP contribution in [0.2, 0.25) is 0 Å². The highest BCUT2D eigenvalue weighted by Gasteiger charge is 2.37.